The van der Waals surface area contributed by atoms with Gasteiger partial charge in [-0.2, -0.15) is 8.75 Å². The average Bonchev–Trinajstić information content (AvgIpc) is 3.60. The average molecular weight is 502 g/mol. The highest BCUT2D eigenvalue weighted by molar-refractivity contribution is 7.00. The maximum absolute atomic E-state index is 11.9. The summed E-state index contributed by atoms with van der Waals surface area (Å²) in [6.07, 6.45) is 0.327. The molecule has 0 bridgehead atoms. The van der Waals surface area contributed by atoms with Gasteiger partial charge >= 0.3 is 6.16 Å². The zero-order chi connectivity index (χ0) is 24.6. The van der Waals surface area contributed by atoms with Crippen LogP contribution in [-0.4, -0.2) is 37.8 Å². The van der Waals surface area contributed by atoms with E-state index in [4.69, 9.17) is 14.2 Å². The van der Waals surface area contributed by atoms with Crippen LogP contribution in [0.3, 0.4) is 0 Å². The minimum atomic E-state index is -1.37. The van der Waals surface area contributed by atoms with Crippen molar-refractivity contribution in [3.05, 3.63) is 65.7 Å². The van der Waals surface area contributed by atoms with Gasteiger partial charge in [0.1, 0.15) is 22.5 Å². The summed E-state index contributed by atoms with van der Waals surface area (Å²) in [7, 11) is 0. The van der Waals surface area contributed by atoms with Crippen LogP contribution in [0.15, 0.2) is 54.6 Å². The molecule has 5 aromatic rings. The Hall–Kier alpha value is -4.11. The van der Waals surface area contributed by atoms with Crippen molar-refractivity contribution in [1.82, 2.24) is 13.3 Å². The minimum Gasteiger partial charge on any atom is -0.494 e. The maximum Gasteiger partial charge on any atom is 0.512 e. The summed E-state index contributed by atoms with van der Waals surface area (Å²) in [4.78, 5) is 11.9. The van der Waals surface area contributed by atoms with E-state index in [9.17, 15) is 9.90 Å². The molecule has 1 aliphatic heterocycles. The van der Waals surface area contributed by atoms with Gasteiger partial charge in [-0.1, -0.05) is 19.1 Å². The lowest BCUT2D eigenvalue weighted by Gasteiger charge is -2.11. The van der Waals surface area contributed by atoms with Gasteiger partial charge in [-0.05, 0) is 65.6 Å². The van der Waals surface area contributed by atoms with Gasteiger partial charge in [0.2, 0.25) is 5.88 Å². The lowest BCUT2D eigenvalue weighted by molar-refractivity contribution is 0.141. The molecule has 9 heteroatoms. The second-order valence-electron chi connectivity index (χ2n) is 8.67. The first-order chi connectivity index (χ1) is 17.6. The Morgan fingerprint density at radius 1 is 1.11 bits per heavy atom. The molecule has 182 valence electrons. The molecule has 6 rings (SSSR count). The van der Waals surface area contributed by atoms with Gasteiger partial charge < -0.3 is 23.9 Å². The van der Waals surface area contributed by atoms with E-state index < -0.39 is 6.16 Å². The first-order valence-electron chi connectivity index (χ1n) is 11.8. The standard InChI is InChI=1S/C27H23N3O5S/c1-2-10-33-19-5-7-23-20(14-19)25(18-4-8-24-17(13-18)9-11-34-24)26(35-27(31)32)30(23)15-16-3-6-21-22(12-16)29-36-28-21/h3-8,12-14H,2,9-11,15H2,1H3,(H,31,32). The van der Waals surface area contributed by atoms with Crippen LogP contribution in [0.25, 0.3) is 33.1 Å². The molecule has 36 heavy (non-hydrogen) atoms. The quantitative estimate of drug-likeness (QED) is 0.268. The van der Waals surface area contributed by atoms with Crippen LogP contribution >= 0.6 is 11.7 Å². The van der Waals surface area contributed by atoms with Crippen LogP contribution in [0.1, 0.15) is 24.5 Å². The minimum absolute atomic E-state index is 0.264. The van der Waals surface area contributed by atoms with E-state index in [0.717, 1.165) is 63.0 Å². The van der Waals surface area contributed by atoms with Crippen LogP contribution in [0, 0.1) is 0 Å². The topological polar surface area (TPSA) is 95.7 Å². The van der Waals surface area contributed by atoms with Crippen molar-refractivity contribution in [3.8, 4) is 28.5 Å². The zero-order valence-corrected chi connectivity index (χ0v) is 20.4. The Morgan fingerprint density at radius 3 is 2.86 bits per heavy atom. The van der Waals surface area contributed by atoms with E-state index in [0.29, 0.717) is 25.3 Å². The summed E-state index contributed by atoms with van der Waals surface area (Å²) in [6, 6.07) is 17.6. The molecular weight excluding hydrogens is 478 g/mol. The molecule has 1 N–H and O–H groups in total. The Labute approximate surface area is 211 Å². The van der Waals surface area contributed by atoms with E-state index >= 15 is 0 Å². The first-order valence-corrected chi connectivity index (χ1v) is 12.5. The highest BCUT2D eigenvalue weighted by Crippen LogP contribution is 2.44. The Bertz CT molecular complexity index is 1610. The normalized spacial score (nSPS) is 12.6. The number of rotatable bonds is 7. The number of nitrogens with zero attached hydrogens (tertiary/aromatic N) is 3. The number of carbonyl (C=O) groups is 1. The SMILES string of the molecule is CCCOc1ccc2c(c1)c(-c1ccc3c(c1)CCO3)c(OC(=O)O)n2Cc1ccc2nsnc2c1. The predicted molar refractivity (Wildman–Crippen MR) is 138 cm³/mol. The van der Waals surface area contributed by atoms with Crippen LogP contribution in [0.5, 0.6) is 17.4 Å². The molecule has 0 unspecified atom stereocenters. The Morgan fingerprint density at radius 2 is 2.00 bits per heavy atom. The van der Waals surface area contributed by atoms with Crippen molar-refractivity contribution in [3.63, 3.8) is 0 Å². The van der Waals surface area contributed by atoms with Crippen LogP contribution in [0.4, 0.5) is 4.79 Å². The second-order valence-corrected chi connectivity index (χ2v) is 9.20. The summed E-state index contributed by atoms with van der Waals surface area (Å²) >= 11 is 1.17. The fourth-order valence-electron chi connectivity index (χ4n) is 4.70. The van der Waals surface area contributed by atoms with Crippen LogP contribution < -0.4 is 14.2 Å². The third-order valence-corrected chi connectivity index (χ3v) is 6.84. The number of benzene rings is 3. The van der Waals surface area contributed by atoms with E-state index in [2.05, 4.69) is 21.7 Å². The number of hydrogen-bond donors (Lipinski definition) is 1. The van der Waals surface area contributed by atoms with Crippen molar-refractivity contribution < 1.29 is 24.1 Å². The lowest BCUT2D eigenvalue weighted by Crippen LogP contribution is -2.10. The van der Waals surface area contributed by atoms with E-state index in [1.165, 1.54) is 11.7 Å². The zero-order valence-electron chi connectivity index (χ0n) is 19.6. The van der Waals surface area contributed by atoms with Gasteiger partial charge in [-0.25, -0.2) is 4.79 Å². The molecule has 0 amide bonds. The van der Waals surface area contributed by atoms with Crippen molar-refractivity contribution in [1.29, 1.82) is 0 Å². The number of ether oxygens (including phenoxy) is 3. The predicted octanol–water partition coefficient (Wildman–Crippen LogP) is 6.14. The van der Waals surface area contributed by atoms with Crippen molar-refractivity contribution in [2.24, 2.45) is 0 Å². The van der Waals surface area contributed by atoms with Gasteiger partial charge in [0, 0.05) is 11.8 Å². The van der Waals surface area contributed by atoms with Gasteiger partial charge in [-0.3, -0.25) is 0 Å². The Balaban J connectivity index is 1.57. The van der Waals surface area contributed by atoms with Gasteiger partial charge in [0.05, 0.1) is 42.6 Å². The molecule has 0 radical (unpaired) electrons. The summed E-state index contributed by atoms with van der Waals surface area (Å²) < 4.78 is 27.6. The summed E-state index contributed by atoms with van der Waals surface area (Å²) in [5.74, 6) is 1.85. The van der Waals surface area contributed by atoms with Crippen molar-refractivity contribution in [2.75, 3.05) is 13.2 Å². The monoisotopic (exact) mass is 501 g/mol. The molecule has 3 aromatic carbocycles. The van der Waals surface area contributed by atoms with Gasteiger partial charge in [0.25, 0.3) is 0 Å². The van der Waals surface area contributed by atoms with Crippen LogP contribution in [0.2, 0.25) is 0 Å². The summed E-state index contributed by atoms with van der Waals surface area (Å²) in [5, 5.41) is 10.6. The third kappa shape index (κ3) is 4.01. The highest BCUT2D eigenvalue weighted by Gasteiger charge is 2.25. The smallest absolute Gasteiger partial charge is 0.494 e. The molecule has 0 fully saturated rings. The Kier molecular flexibility index (Phi) is 5.69. The molecule has 8 nitrogen and oxygen atoms in total. The lowest BCUT2D eigenvalue weighted by atomic mass is 10.0. The molecule has 2 aromatic heterocycles. The number of hydrogen-bond acceptors (Lipinski definition) is 7. The highest BCUT2D eigenvalue weighted by atomic mass is 32.1. The molecule has 0 saturated heterocycles. The second kappa shape index (κ2) is 9.16. The molecule has 0 saturated carbocycles. The van der Waals surface area contributed by atoms with Gasteiger partial charge in [0.15, 0.2) is 0 Å². The fourth-order valence-corrected chi connectivity index (χ4v) is 5.21. The largest absolute Gasteiger partial charge is 0.512 e. The molecule has 0 aliphatic carbocycles. The number of carboxylic acid groups (broad SMARTS) is 1. The van der Waals surface area contributed by atoms with Crippen molar-refractivity contribution >= 4 is 39.8 Å². The van der Waals surface area contributed by atoms with E-state index in [1.807, 2.05) is 53.1 Å². The van der Waals surface area contributed by atoms with Crippen molar-refractivity contribution in [2.45, 2.75) is 26.3 Å². The van der Waals surface area contributed by atoms with Gasteiger partial charge in [-0.15, -0.1) is 0 Å². The number of aromatic nitrogens is 3. The van der Waals surface area contributed by atoms with E-state index in [1.54, 1.807) is 0 Å². The maximum atomic E-state index is 11.9. The molecule has 0 spiro atoms. The summed E-state index contributed by atoms with van der Waals surface area (Å²) in [5.41, 5.74) is 6.12. The first kappa shape index (κ1) is 22.4. The molecule has 3 heterocycles. The van der Waals surface area contributed by atoms with Crippen LogP contribution in [-0.2, 0) is 13.0 Å². The van der Waals surface area contributed by atoms with E-state index in [-0.39, 0.29) is 5.88 Å². The number of fused-ring (bicyclic) bond motifs is 3. The molecule has 0 atom stereocenters. The third-order valence-electron chi connectivity index (χ3n) is 6.28. The molecular formula is C27H23N3O5S. The summed E-state index contributed by atoms with van der Waals surface area (Å²) in [6.45, 7) is 3.69. The molecule has 1 aliphatic rings. The fraction of sp³-hybridized carbons (Fsp3) is 0.222.